The summed E-state index contributed by atoms with van der Waals surface area (Å²) in [4.78, 5) is 17.5. The number of nitrogens with one attached hydrogen (secondary N) is 1. The molecule has 6 heteroatoms. The van der Waals surface area contributed by atoms with Crippen LogP contribution in [0.3, 0.4) is 0 Å². The highest BCUT2D eigenvalue weighted by Gasteiger charge is 2.36. The van der Waals surface area contributed by atoms with Crippen molar-refractivity contribution in [2.75, 3.05) is 19.6 Å². The third-order valence-corrected chi connectivity index (χ3v) is 6.31. The molecule has 0 radical (unpaired) electrons. The van der Waals surface area contributed by atoms with E-state index in [0.717, 1.165) is 32.6 Å². The van der Waals surface area contributed by atoms with Gasteiger partial charge in [0, 0.05) is 50.7 Å². The lowest BCUT2D eigenvalue weighted by atomic mass is 9.89. The number of fused-ring (bicyclic) bond motifs is 2. The first-order chi connectivity index (χ1) is 12.2. The Bertz CT molecular complexity index is 588. The van der Waals surface area contributed by atoms with Gasteiger partial charge in [-0.15, -0.1) is 24.8 Å². The summed E-state index contributed by atoms with van der Waals surface area (Å²) in [6, 6.07) is 12.3. The molecule has 2 bridgehead atoms. The van der Waals surface area contributed by atoms with Crippen LogP contribution >= 0.6 is 24.8 Å². The number of nitrogens with zero attached hydrogens (tertiary/aromatic N) is 2. The third kappa shape index (κ3) is 5.60. The average molecular weight is 414 g/mol. The van der Waals surface area contributed by atoms with Gasteiger partial charge < -0.3 is 10.2 Å². The lowest BCUT2D eigenvalue weighted by Gasteiger charge is -2.41. The molecule has 3 heterocycles. The third-order valence-electron chi connectivity index (χ3n) is 6.31. The van der Waals surface area contributed by atoms with Crippen LogP contribution in [0, 0.1) is 5.92 Å². The summed E-state index contributed by atoms with van der Waals surface area (Å²) < 4.78 is 0. The van der Waals surface area contributed by atoms with Gasteiger partial charge in [0.05, 0.1) is 0 Å². The molecule has 4 nitrogen and oxygen atoms in total. The second-order valence-electron chi connectivity index (χ2n) is 8.34. The smallest absolute Gasteiger partial charge is 0.223 e. The topological polar surface area (TPSA) is 35.6 Å². The molecule has 0 saturated carbocycles. The Morgan fingerprint density at radius 3 is 2.37 bits per heavy atom. The highest BCUT2D eigenvalue weighted by atomic mass is 35.5. The van der Waals surface area contributed by atoms with Gasteiger partial charge in [0.25, 0.3) is 0 Å². The summed E-state index contributed by atoms with van der Waals surface area (Å²) in [5, 5.41) is 3.68. The van der Waals surface area contributed by atoms with E-state index in [4.69, 9.17) is 0 Å². The first kappa shape index (κ1) is 22.5. The number of piperazine rings is 1. The van der Waals surface area contributed by atoms with Gasteiger partial charge in [-0.3, -0.25) is 9.69 Å². The van der Waals surface area contributed by atoms with Crippen molar-refractivity contribution >= 4 is 30.7 Å². The normalized spacial score (nSPS) is 30.3. The van der Waals surface area contributed by atoms with E-state index < -0.39 is 0 Å². The minimum absolute atomic E-state index is 0. The SMILES string of the molecule is CC1CN(Cc2ccccc2)CCN1C(=O)CC1CC2CCC(C1)N2.Cl.Cl. The van der Waals surface area contributed by atoms with Gasteiger partial charge in [-0.2, -0.15) is 0 Å². The molecule has 1 amide bonds. The molecule has 1 N–H and O–H groups in total. The van der Waals surface area contributed by atoms with Crippen LogP contribution in [-0.4, -0.2) is 53.5 Å². The molecular formula is C21H33Cl2N3O. The number of rotatable bonds is 4. The van der Waals surface area contributed by atoms with Crippen LogP contribution in [0.2, 0.25) is 0 Å². The number of hydrogen-bond acceptors (Lipinski definition) is 3. The Labute approximate surface area is 175 Å². The fourth-order valence-corrected chi connectivity index (χ4v) is 5.09. The van der Waals surface area contributed by atoms with E-state index in [1.54, 1.807) is 0 Å². The molecule has 3 fully saturated rings. The highest BCUT2D eigenvalue weighted by molar-refractivity contribution is 5.85. The predicted octanol–water partition coefficient (Wildman–Crippen LogP) is 3.48. The zero-order valence-corrected chi connectivity index (χ0v) is 17.8. The van der Waals surface area contributed by atoms with Gasteiger partial charge in [-0.25, -0.2) is 0 Å². The van der Waals surface area contributed by atoms with Crippen molar-refractivity contribution in [3.8, 4) is 0 Å². The number of hydrogen-bond donors (Lipinski definition) is 1. The summed E-state index contributed by atoms with van der Waals surface area (Å²) in [5.74, 6) is 0.985. The fourth-order valence-electron chi connectivity index (χ4n) is 5.09. The molecule has 3 saturated heterocycles. The zero-order chi connectivity index (χ0) is 17.2. The molecule has 3 atom stereocenters. The van der Waals surface area contributed by atoms with Crippen molar-refractivity contribution in [3.63, 3.8) is 0 Å². The minimum atomic E-state index is 0. The maximum absolute atomic E-state index is 12.9. The van der Waals surface area contributed by atoms with Gasteiger partial charge in [0.1, 0.15) is 0 Å². The van der Waals surface area contributed by atoms with Gasteiger partial charge >= 0.3 is 0 Å². The Morgan fingerprint density at radius 2 is 1.74 bits per heavy atom. The van der Waals surface area contributed by atoms with Crippen LogP contribution in [0.4, 0.5) is 0 Å². The van der Waals surface area contributed by atoms with Crippen molar-refractivity contribution < 1.29 is 4.79 Å². The molecular weight excluding hydrogens is 381 g/mol. The van der Waals surface area contributed by atoms with Crippen LogP contribution in [0.5, 0.6) is 0 Å². The summed E-state index contributed by atoms with van der Waals surface area (Å²) >= 11 is 0. The Hall–Kier alpha value is -0.810. The summed E-state index contributed by atoms with van der Waals surface area (Å²) in [7, 11) is 0. The zero-order valence-electron chi connectivity index (χ0n) is 16.2. The van der Waals surface area contributed by atoms with E-state index in [1.165, 1.54) is 31.2 Å². The van der Waals surface area contributed by atoms with E-state index in [9.17, 15) is 4.79 Å². The molecule has 27 heavy (non-hydrogen) atoms. The van der Waals surface area contributed by atoms with Crippen LogP contribution in [0.1, 0.15) is 44.6 Å². The first-order valence-corrected chi connectivity index (χ1v) is 9.99. The second kappa shape index (κ2) is 10.1. The first-order valence-electron chi connectivity index (χ1n) is 9.99. The van der Waals surface area contributed by atoms with Gasteiger partial charge in [-0.1, -0.05) is 30.3 Å². The molecule has 3 aliphatic rings. The lowest BCUT2D eigenvalue weighted by molar-refractivity contribution is -0.137. The molecule has 3 aliphatic heterocycles. The van der Waals surface area contributed by atoms with Crippen LogP contribution in [0.15, 0.2) is 30.3 Å². The largest absolute Gasteiger partial charge is 0.337 e. The van der Waals surface area contributed by atoms with Gasteiger partial charge in [0.15, 0.2) is 0 Å². The number of carbonyl (C=O) groups is 1. The standard InChI is InChI=1S/C21H31N3O.2ClH/c1-16-14-23(15-17-5-3-2-4-6-17)9-10-24(16)21(25)13-18-11-19-7-8-20(12-18)22-19;;/h2-6,16,18-20,22H,7-15H2,1H3;2*1H. The van der Waals surface area contributed by atoms with Crippen LogP contribution in [-0.2, 0) is 11.3 Å². The van der Waals surface area contributed by atoms with E-state index in [1.807, 2.05) is 0 Å². The van der Waals surface area contributed by atoms with Crippen LogP contribution in [0.25, 0.3) is 0 Å². The Balaban J connectivity index is 0.00000131. The highest BCUT2D eigenvalue weighted by Crippen LogP contribution is 2.33. The number of piperidine rings is 1. The summed E-state index contributed by atoms with van der Waals surface area (Å²) in [5.41, 5.74) is 1.36. The molecule has 3 unspecified atom stereocenters. The molecule has 1 aromatic carbocycles. The molecule has 0 aliphatic carbocycles. The number of benzene rings is 1. The van der Waals surface area contributed by atoms with Crippen molar-refractivity contribution in [3.05, 3.63) is 35.9 Å². The number of amides is 1. The lowest BCUT2D eigenvalue weighted by Crippen LogP contribution is -2.54. The molecule has 0 aromatic heterocycles. The van der Waals surface area contributed by atoms with Crippen molar-refractivity contribution in [1.82, 2.24) is 15.1 Å². The van der Waals surface area contributed by atoms with Crippen LogP contribution < -0.4 is 5.32 Å². The minimum Gasteiger partial charge on any atom is -0.337 e. The number of carbonyl (C=O) groups excluding carboxylic acids is 1. The number of halogens is 2. The maximum atomic E-state index is 12.9. The quantitative estimate of drug-likeness (QED) is 0.820. The summed E-state index contributed by atoms with van der Waals surface area (Å²) in [6.07, 6.45) is 5.78. The fraction of sp³-hybridized carbons (Fsp3) is 0.667. The van der Waals surface area contributed by atoms with Crippen molar-refractivity contribution in [2.45, 2.75) is 63.7 Å². The van der Waals surface area contributed by atoms with E-state index >= 15 is 0 Å². The average Bonchev–Trinajstić information content (AvgIpc) is 2.94. The van der Waals surface area contributed by atoms with E-state index in [0.29, 0.717) is 30.0 Å². The molecule has 0 spiro atoms. The van der Waals surface area contributed by atoms with Gasteiger partial charge in [0.2, 0.25) is 5.91 Å². The van der Waals surface area contributed by atoms with Gasteiger partial charge in [-0.05, 0) is 44.1 Å². The monoisotopic (exact) mass is 413 g/mol. The summed E-state index contributed by atoms with van der Waals surface area (Å²) in [6.45, 7) is 6.05. The second-order valence-corrected chi connectivity index (χ2v) is 8.34. The van der Waals surface area contributed by atoms with Crippen molar-refractivity contribution in [2.24, 2.45) is 5.92 Å². The Morgan fingerprint density at radius 1 is 1.07 bits per heavy atom. The predicted molar refractivity (Wildman–Crippen MR) is 115 cm³/mol. The molecule has 152 valence electrons. The van der Waals surface area contributed by atoms with Crippen molar-refractivity contribution in [1.29, 1.82) is 0 Å². The molecule has 1 aromatic rings. The van der Waals surface area contributed by atoms with E-state index in [2.05, 4.69) is 52.4 Å². The maximum Gasteiger partial charge on any atom is 0.223 e. The van der Waals surface area contributed by atoms with E-state index in [-0.39, 0.29) is 24.8 Å². The molecule has 4 rings (SSSR count). The Kier molecular flexibility index (Phi) is 8.41.